The molecule has 0 saturated carbocycles. The summed E-state index contributed by atoms with van der Waals surface area (Å²) >= 11 is 10.8. The van der Waals surface area contributed by atoms with E-state index >= 15 is 4.39 Å². The fourth-order valence-corrected chi connectivity index (χ4v) is 5.53. The van der Waals surface area contributed by atoms with Crippen LogP contribution in [0.1, 0.15) is 20.1 Å². The molecule has 2 aliphatic rings. The number of nitrogens with zero attached hydrogens (tertiary/aromatic N) is 1. The monoisotopic (exact) mass is 450 g/mol. The third-order valence-electron chi connectivity index (χ3n) is 3.98. The number of rotatable bonds is 4. The van der Waals surface area contributed by atoms with Gasteiger partial charge in [0.05, 0.1) is 12.7 Å². The fourth-order valence-electron chi connectivity index (χ4n) is 2.80. The van der Waals surface area contributed by atoms with E-state index in [1.54, 1.807) is 13.8 Å². The first-order valence-corrected chi connectivity index (χ1v) is 10.6. The van der Waals surface area contributed by atoms with Crippen LogP contribution >= 0.6 is 18.3 Å². The topological polar surface area (TPSA) is 91.8 Å². The Morgan fingerprint density at radius 3 is 2.74 bits per heavy atom. The number of aromatic nitrogens is 2. The van der Waals surface area contributed by atoms with Crippen molar-refractivity contribution in [2.45, 2.75) is 50.5 Å². The number of aromatic amines is 1. The Hall–Kier alpha value is -0.750. The van der Waals surface area contributed by atoms with Crippen LogP contribution in [0.3, 0.4) is 0 Å². The summed E-state index contributed by atoms with van der Waals surface area (Å²) in [6.45, 7) is -1.04. The molecule has 8 nitrogen and oxygen atoms in total. The first-order valence-electron chi connectivity index (χ1n) is 7.71. The van der Waals surface area contributed by atoms with Crippen LogP contribution in [0.15, 0.2) is 15.8 Å². The number of nitrogens with one attached hydrogen (secondary N) is 1. The summed E-state index contributed by atoms with van der Waals surface area (Å²) in [7, 11) is 0. The molecule has 3 rings (SSSR count). The van der Waals surface area contributed by atoms with Crippen LogP contribution in [0.4, 0.5) is 13.2 Å². The Morgan fingerprint density at radius 1 is 1.48 bits per heavy atom. The van der Waals surface area contributed by atoms with Crippen LogP contribution in [-0.2, 0) is 30.1 Å². The van der Waals surface area contributed by atoms with E-state index in [4.69, 9.17) is 41.7 Å². The lowest BCUT2D eigenvalue weighted by Crippen LogP contribution is -2.55. The van der Waals surface area contributed by atoms with E-state index in [9.17, 15) is 18.4 Å². The zero-order valence-electron chi connectivity index (χ0n) is 13.9. The smallest absolute Gasteiger partial charge is 0.330 e. The normalized spacial score (nSPS) is 36.4. The van der Waals surface area contributed by atoms with Crippen LogP contribution in [-0.4, -0.2) is 46.6 Å². The number of halogens is 4. The van der Waals surface area contributed by atoms with Crippen LogP contribution in [0.2, 0.25) is 5.02 Å². The molecule has 1 aromatic heterocycles. The lowest BCUT2D eigenvalue weighted by atomic mass is 9.97. The number of ether oxygens (including phenoxy) is 1. The van der Waals surface area contributed by atoms with Gasteiger partial charge in [0.25, 0.3) is 12.0 Å². The molecule has 0 bridgehead atoms. The minimum absolute atomic E-state index is 0.447. The summed E-state index contributed by atoms with van der Waals surface area (Å²) in [5.74, 6) is 0. The SMILES string of the molecule is CC(C)OP1(=S)OC[C@@]2(C(F)F)O[C@@H](n3cc(Cl)c(=O)[nH]c3=O)[C@@H](F)[C@@H]2O1. The first-order chi connectivity index (χ1) is 12.5. The molecule has 0 amide bonds. The largest absolute Gasteiger partial charge is 0.337 e. The predicted octanol–water partition coefficient (Wildman–Crippen LogP) is 2.13. The molecular weight excluding hydrogens is 436 g/mol. The third kappa shape index (κ3) is 3.64. The van der Waals surface area contributed by atoms with Crippen LogP contribution < -0.4 is 11.2 Å². The summed E-state index contributed by atoms with van der Waals surface area (Å²) in [6, 6.07) is 0. The highest BCUT2D eigenvalue weighted by Gasteiger charge is 2.67. The summed E-state index contributed by atoms with van der Waals surface area (Å²) in [5.41, 5.74) is -4.50. The van der Waals surface area contributed by atoms with E-state index in [0.29, 0.717) is 4.57 Å². The van der Waals surface area contributed by atoms with Crippen molar-refractivity contribution in [2.75, 3.05) is 6.61 Å². The second-order valence-corrected chi connectivity index (χ2v) is 9.58. The number of alkyl halides is 3. The Morgan fingerprint density at radius 2 is 2.15 bits per heavy atom. The lowest BCUT2D eigenvalue weighted by Gasteiger charge is -2.41. The van der Waals surface area contributed by atoms with Gasteiger partial charge < -0.3 is 13.8 Å². The molecule has 3 heterocycles. The molecule has 2 aliphatic heterocycles. The molecule has 5 atom stereocenters. The number of hydrogen-bond acceptors (Lipinski definition) is 7. The fraction of sp³-hybridized carbons (Fsp3) is 0.692. The van der Waals surface area contributed by atoms with Gasteiger partial charge in [0.2, 0.25) is 0 Å². The molecule has 1 N–H and O–H groups in total. The summed E-state index contributed by atoms with van der Waals surface area (Å²) in [4.78, 5) is 25.2. The second-order valence-electron chi connectivity index (χ2n) is 6.25. The van der Waals surface area contributed by atoms with Gasteiger partial charge in [-0.1, -0.05) is 11.6 Å². The zero-order valence-corrected chi connectivity index (χ0v) is 16.4. The molecule has 1 unspecified atom stereocenters. The van der Waals surface area contributed by atoms with E-state index in [1.165, 1.54) is 0 Å². The van der Waals surface area contributed by atoms with Crippen molar-refractivity contribution in [2.24, 2.45) is 0 Å². The molecule has 2 fully saturated rings. The standard InChI is InChI=1S/C13H15ClF3N2O6PS/c1-5(2)24-26(27)22-4-13(11(16)17)8(25-26)7(15)10(23-13)19-3-6(14)9(20)18-12(19)21/h3,5,7-8,10-11H,4H2,1-2H3,(H,18,20,21)/t7-,8-,10+,13+,26?/m0/s1. The van der Waals surface area contributed by atoms with Crippen molar-refractivity contribution in [1.29, 1.82) is 0 Å². The molecule has 0 spiro atoms. The molecule has 0 aromatic carbocycles. The van der Waals surface area contributed by atoms with Gasteiger partial charge in [0.1, 0.15) is 11.1 Å². The van der Waals surface area contributed by atoms with Gasteiger partial charge in [-0.3, -0.25) is 18.9 Å². The Kier molecular flexibility index (Phi) is 5.63. The summed E-state index contributed by atoms with van der Waals surface area (Å²) in [5, 5.41) is -0.447. The van der Waals surface area contributed by atoms with Gasteiger partial charge in [-0.15, -0.1) is 0 Å². The highest BCUT2D eigenvalue weighted by molar-refractivity contribution is 8.07. The molecular formula is C13H15ClF3N2O6PS. The van der Waals surface area contributed by atoms with Crippen molar-refractivity contribution in [3.05, 3.63) is 32.1 Å². The summed E-state index contributed by atoms with van der Waals surface area (Å²) < 4.78 is 64.3. The minimum Gasteiger partial charge on any atom is -0.337 e. The molecule has 2 saturated heterocycles. The van der Waals surface area contributed by atoms with Gasteiger partial charge in [-0.05, 0) is 25.7 Å². The van der Waals surface area contributed by atoms with Crippen LogP contribution in [0.5, 0.6) is 0 Å². The van der Waals surface area contributed by atoms with Gasteiger partial charge in [-0.25, -0.2) is 18.0 Å². The van der Waals surface area contributed by atoms with E-state index in [0.717, 1.165) is 6.20 Å². The average Bonchev–Trinajstić information content (AvgIpc) is 2.84. The van der Waals surface area contributed by atoms with Crippen molar-refractivity contribution < 1.29 is 31.5 Å². The molecule has 27 heavy (non-hydrogen) atoms. The van der Waals surface area contributed by atoms with Crippen molar-refractivity contribution in [1.82, 2.24) is 9.55 Å². The molecule has 0 aliphatic carbocycles. The quantitative estimate of drug-likeness (QED) is 0.703. The Bertz CT molecular complexity index is 898. The minimum atomic E-state index is -3.50. The van der Waals surface area contributed by atoms with Gasteiger partial charge in [-0.2, -0.15) is 0 Å². The van der Waals surface area contributed by atoms with Crippen molar-refractivity contribution in [3.8, 4) is 0 Å². The third-order valence-corrected chi connectivity index (χ3v) is 6.69. The van der Waals surface area contributed by atoms with Gasteiger partial charge >= 0.3 is 12.4 Å². The van der Waals surface area contributed by atoms with Gasteiger partial charge in [0, 0.05) is 6.20 Å². The van der Waals surface area contributed by atoms with E-state index in [2.05, 4.69) is 0 Å². The highest BCUT2D eigenvalue weighted by Crippen LogP contribution is 2.61. The van der Waals surface area contributed by atoms with E-state index in [-0.39, 0.29) is 0 Å². The van der Waals surface area contributed by atoms with Crippen LogP contribution in [0.25, 0.3) is 0 Å². The maximum Gasteiger partial charge on any atom is 0.330 e. The zero-order chi connectivity index (χ0) is 20.1. The molecule has 152 valence electrons. The number of fused-ring (bicyclic) bond motifs is 1. The highest BCUT2D eigenvalue weighted by atomic mass is 35.5. The van der Waals surface area contributed by atoms with Gasteiger partial charge in [0.15, 0.2) is 18.0 Å². The second kappa shape index (κ2) is 7.25. The van der Waals surface area contributed by atoms with E-state index in [1.807, 2.05) is 4.98 Å². The first kappa shape index (κ1) is 21.0. The Balaban J connectivity index is 2.01. The van der Waals surface area contributed by atoms with E-state index < -0.39 is 66.2 Å². The average molecular weight is 451 g/mol. The summed E-state index contributed by atoms with van der Waals surface area (Å²) in [6.07, 6.45) is -8.79. The number of hydrogen-bond donors (Lipinski definition) is 1. The maximum atomic E-state index is 15.1. The predicted molar refractivity (Wildman–Crippen MR) is 91.4 cm³/mol. The number of H-pyrrole nitrogens is 1. The molecule has 0 radical (unpaired) electrons. The van der Waals surface area contributed by atoms with Crippen molar-refractivity contribution >= 4 is 30.1 Å². The van der Waals surface area contributed by atoms with Crippen molar-refractivity contribution in [3.63, 3.8) is 0 Å². The van der Waals surface area contributed by atoms with Crippen LogP contribution in [0, 0.1) is 0 Å². The maximum absolute atomic E-state index is 15.1. The Labute approximate surface area is 160 Å². The molecule has 1 aromatic rings. The lowest BCUT2D eigenvalue weighted by molar-refractivity contribution is -0.204. The molecule has 14 heteroatoms.